The van der Waals surface area contributed by atoms with Gasteiger partial charge in [0.05, 0.1) is 12.2 Å². The Balaban J connectivity index is 1.39. The Bertz CT molecular complexity index is 371. The zero-order chi connectivity index (χ0) is 15.5. The van der Waals surface area contributed by atoms with Crippen molar-refractivity contribution >= 4 is 5.91 Å². The highest BCUT2D eigenvalue weighted by Crippen LogP contribution is 2.30. The molecule has 0 aromatic carbocycles. The Kier molecular flexibility index (Phi) is 5.40. The summed E-state index contributed by atoms with van der Waals surface area (Å²) in [5.41, 5.74) is 5.94. The van der Waals surface area contributed by atoms with E-state index in [2.05, 4.69) is 11.8 Å². The Hall–Kier alpha value is -0.610. The molecule has 0 aromatic rings. The molecule has 4 heteroatoms. The summed E-state index contributed by atoms with van der Waals surface area (Å²) in [6.07, 6.45) is 10.8. The first-order chi connectivity index (χ1) is 10.6. The lowest BCUT2D eigenvalue weighted by Gasteiger charge is -2.36. The molecule has 2 atom stereocenters. The smallest absolute Gasteiger partial charge is 0.225 e. The lowest BCUT2D eigenvalue weighted by molar-refractivity contribution is -0.139. The number of rotatable bonds is 3. The topological polar surface area (TPSA) is 55.6 Å². The lowest BCUT2D eigenvalue weighted by Crippen LogP contribution is -2.44. The molecule has 2 N–H and O–H groups in total. The normalized spacial score (nSPS) is 37.5. The van der Waals surface area contributed by atoms with Crippen LogP contribution in [0, 0.1) is 11.8 Å². The fourth-order valence-electron chi connectivity index (χ4n) is 4.35. The third-order valence-electron chi connectivity index (χ3n) is 5.92. The minimum atomic E-state index is 0.187. The van der Waals surface area contributed by atoms with Gasteiger partial charge in [-0.05, 0) is 63.7 Å². The number of likely N-dealkylation sites (tertiary alicyclic amines) is 1. The van der Waals surface area contributed by atoms with Crippen molar-refractivity contribution in [2.24, 2.45) is 17.6 Å². The molecule has 2 saturated carbocycles. The summed E-state index contributed by atoms with van der Waals surface area (Å²) in [7, 11) is 0. The zero-order valence-electron chi connectivity index (χ0n) is 14.0. The number of carbonyl (C=O) groups excluding carboxylic acids is 1. The van der Waals surface area contributed by atoms with E-state index in [-0.39, 0.29) is 12.0 Å². The van der Waals surface area contributed by atoms with Crippen LogP contribution in [0.1, 0.15) is 64.7 Å². The van der Waals surface area contributed by atoms with Gasteiger partial charge in [-0.1, -0.05) is 6.92 Å². The van der Waals surface area contributed by atoms with E-state index >= 15 is 0 Å². The number of carbonyl (C=O) groups is 1. The molecule has 0 aromatic heterocycles. The van der Waals surface area contributed by atoms with Crippen LogP contribution >= 0.6 is 0 Å². The second-order valence-electron chi connectivity index (χ2n) is 7.81. The average Bonchev–Trinajstić information content (AvgIpc) is 2.96. The summed E-state index contributed by atoms with van der Waals surface area (Å²) in [5.74, 6) is 1.40. The molecule has 2 aliphatic carbocycles. The van der Waals surface area contributed by atoms with Gasteiger partial charge >= 0.3 is 0 Å². The summed E-state index contributed by atoms with van der Waals surface area (Å²) in [6.45, 7) is 4.09. The van der Waals surface area contributed by atoms with Crippen molar-refractivity contribution in [3.8, 4) is 0 Å². The Labute approximate surface area is 134 Å². The molecule has 1 saturated heterocycles. The lowest BCUT2D eigenvalue weighted by atomic mass is 9.88. The summed E-state index contributed by atoms with van der Waals surface area (Å²) in [6, 6.07) is 0.239. The van der Waals surface area contributed by atoms with Crippen molar-refractivity contribution in [3.63, 3.8) is 0 Å². The quantitative estimate of drug-likeness (QED) is 0.872. The van der Waals surface area contributed by atoms with Crippen molar-refractivity contribution in [2.75, 3.05) is 13.1 Å². The Morgan fingerprint density at radius 2 is 1.59 bits per heavy atom. The number of nitrogens with zero attached hydrogens (tertiary/aromatic N) is 1. The maximum absolute atomic E-state index is 12.5. The van der Waals surface area contributed by atoms with E-state index in [1.807, 2.05) is 0 Å². The van der Waals surface area contributed by atoms with Crippen LogP contribution < -0.4 is 5.73 Å². The Morgan fingerprint density at radius 3 is 2.18 bits per heavy atom. The molecule has 1 heterocycles. The van der Waals surface area contributed by atoms with Crippen LogP contribution in [0.15, 0.2) is 0 Å². The van der Waals surface area contributed by atoms with E-state index in [1.165, 1.54) is 25.7 Å². The number of ether oxygens (including phenoxy) is 1. The SMILES string of the molecule is CC1CCC(OC2CCN(C(=O)C3CCC(N)C3)CC2)CC1. The molecule has 22 heavy (non-hydrogen) atoms. The Morgan fingerprint density at radius 1 is 0.955 bits per heavy atom. The van der Waals surface area contributed by atoms with Crippen LogP contribution in [-0.4, -0.2) is 42.1 Å². The van der Waals surface area contributed by atoms with Gasteiger partial charge in [0, 0.05) is 25.0 Å². The summed E-state index contributed by atoms with van der Waals surface area (Å²) >= 11 is 0. The van der Waals surface area contributed by atoms with Gasteiger partial charge in [0.2, 0.25) is 5.91 Å². The van der Waals surface area contributed by atoms with Crippen LogP contribution in [0.3, 0.4) is 0 Å². The highest BCUT2D eigenvalue weighted by atomic mass is 16.5. The van der Waals surface area contributed by atoms with Gasteiger partial charge in [-0.25, -0.2) is 0 Å². The van der Waals surface area contributed by atoms with Gasteiger partial charge in [-0.2, -0.15) is 0 Å². The largest absolute Gasteiger partial charge is 0.375 e. The summed E-state index contributed by atoms with van der Waals surface area (Å²) < 4.78 is 6.29. The standard InChI is InChI=1S/C18H32N2O2/c1-13-2-6-16(7-3-13)22-17-8-10-20(11-9-17)18(21)14-4-5-15(19)12-14/h13-17H,2-12,19H2,1H3. The monoisotopic (exact) mass is 308 g/mol. The van der Waals surface area contributed by atoms with E-state index in [9.17, 15) is 4.79 Å². The van der Waals surface area contributed by atoms with Crippen LogP contribution in [0.2, 0.25) is 0 Å². The first kappa shape index (κ1) is 16.3. The van der Waals surface area contributed by atoms with Crippen LogP contribution in [0.4, 0.5) is 0 Å². The predicted molar refractivity (Wildman–Crippen MR) is 87.4 cm³/mol. The molecule has 4 nitrogen and oxygen atoms in total. The highest BCUT2D eigenvalue weighted by molar-refractivity contribution is 5.79. The third-order valence-corrected chi connectivity index (χ3v) is 5.92. The first-order valence-corrected chi connectivity index (χ1v) is 9.31. The van der Waals surface area contributed by atoms with E-state index in [1.54, 1.807) is 0 Å². The van der Waals surface area contributed by atoms with Gasteiger partial charge in [-0.3, -0.25) is 4.79 Å². The number of hydrogen-bond donors (Lipinski definition) is 1. The van der Waals surface area contributed by atoms with Gasteiger partial charge in [0.1, 0.15) is 0 Å². The minimum absolute atomic E-state index is 0.187. The van der Waals surface area contributed by atoms with E-state index < -0.39 is 0 Å². The summed E-state index contributed by atoms with van der Waals surface area (Å²) in [4.78, 5) is 14.6. The van der Waals surface area contributed by atoms with E-state index in [4.69, 9.17) is 10.5 Å². The molecular formula is C18H32N2O2. The van der Waals surface area contributed by atoms with E-state index in [0.717, 1.165) is 51.1 Å². The zero-order valence-corrected chi connectivity index (χ0v) is 14.0. The van der Waals surface area contributed by atoms with Gasteiger partial charge in [0.25, 0.3) is 0 Å². The molecule has 1 amide bonds. The number of nitrogens with two attached hydrogens (primary N) is 1. The van der Waals surface area contributed by atoms with Crippen molar-refractivity contribution in [1.29, 1.82) is 0 Å². The summed E-state index contributed by atoms with van der Waals surface area (Å²) in [5, 5.41) is 0. The fraction of sp³-hybridized carbons (Fsp3) is 0.944. The predicted octanol–water partition coefficient (Wildman–Crippen LogP) is 2.70. The van der Waals surface area contributed by atoms with Crippen molar-refractivity contribution in [1.82, 2.24) is 4.90 Å². The molecule has 3 rings (SSSR count). The molecule has 1 aliphatic heterocycles. The number of piperidine rings is 1. The molecule has 126 valence electrons. The van der Waals surface area contributed by atoms with Crippen molar-refractivity contribution < 1.29 is 9.53 Å². The van der Waals surface area contributed by atoms with Crippen molar-refractivity contribution in [3.05, 3.63) is 0 Å². The van der Waals surface area contributed by atoms with Crippen LogP contribution in [0.25, 0.3) is 0 Å². The molecule has 2 unspecified atom stereocenters. The van der Waals surface area contributed by atoms with E-state index in [0.29, 0.717) is 18.1 Å². The molecule has 0 radical (unpaired) electrons. The molecule has 0 bridgehead atoms. The van der Waals surface area contributed by atoms with Gasteiger partial charge in [-0.15, -0.1) is 0 Å². The average molecular weight is 308 g/mol. The highest BCUT2D eigenvalue weighted by Gasteiger charge is 2.33. The first-order valence-electron chi connectivity index (χ1n) is 9.31. The second-order valence-corrected chi connectivity index (χ2v) is 7.81. The maximum Gasteiger partial charge on any atom is 0.225 e. The van der Waals surface area contributed by atoms with Gasteiger partial charge in [0.15, 0.2) is 0 Å². The molecule has 3 fully saturated rings. The van der Waals surface area contributed by atoms with Crippen LogP contribution in [0.5, 0.6) is 0 Å². The molecular weight excluding hydrogens is 276 g/mol. The second kappa shape index (κ2) is 7.31. The van der Waals surface area contributed by atoms with Crippen molar-refractivity contribution in [2.45, 2.75) is 83.0 Å². The maximum atomic E-state index is 12.5. The fourth-order valence-corrected chi connectivity index (χ4v) is 4.35. The van der Waals surface area contributed by atoms with Gasteiger partial charge < -0.3 is 15.4 Å². The number of amides is 1. The van der Waals surface area contributed by atoms with Crippen LogP contribution in [-0.2, 0) is 9.53 Å². The third kappa shape index (κ3) is 4.02. The minimum Gasteiger partial charge on any atom is -0.375 e. The molecule has 3 aliphatic rings. The number of hydrogen-bond acceptors (Lipinski definition) is 3. The molecule has 0 spiro atoms.